The number of hydrogen-bond donors (Lipinski definition) is 1. The van der Waals surface area contributed by atoms with E-state index in [0.717, 1.165) is 29.7 Å². The van der Waals surface area contributed by atoms with Crippen LogP contribution >= 0.6 is 0 Å². The standard InChI is InChI=1S/C24H30N2O5S/c1-24(2)15-26(23(27)17-6-7-17)20-9-8-18(14-19(20)24)32(28,29)25-12-11-16-5-10-21(30-3)22(13-16)31-4/h5,8-10,13-14,17,25H,6-7,11-12,15H2,1-4H3. The summed E-state index contributed by atoms with van der Waals surface area (Å²) in [4.78, 5) is 14.7. The number of carbonyl (C=O) groups is 1. The second-order valence-electron chi connectivity index (χ2n) is 9.10. The minimum Gasteiger partial charge on any atom is -0.493 e. The first-order valence-corrected chi connectivity index (χ1v) is 12.3. The molecule has 1 heterocycles. The van der Waals surface area contributed by atoms with E-state index < -0.39 is 10.0 Å². The van der Waals surface area contributed by atoms with Gasteiger partial charge in [0.1, 0.15) is 0 Å². The zero-order chi connectivity index (χ0) is 23.1. The van der Waals surface area contributed by atoms with Gasteiger partial charge in [0.2, 0.25) is 15.9 Å². The minimum atomic E-state index is -3.68. The second kappa shape index (κ2) is 8.41. The molecule has 1 aliphatic heterocycles. The molecule has 1 N–H and O–H groups in total. The summed E-state index contributed by atoms with van der Waals surface area (Å²) in [6, 6.07) is 10.6. The Hall–Kier alpha value is -2.58. The van der Waals surface area contributed by atoms with Gasteiger partial charge in [-0.2, -0.15) is 0 Å². The van der Waals surface area contributed by atoms with E-state index in [-0.39, 0.29) is 28.7 Å². The lowest BCUT2D eigenvalue weighted by atomic mass is 9.87. The second-order valence-corrected chi connectivity index (χ2v) is 10.9. The van der Waals surface area contributed by atoms with E-state index in [2.05, 4.69) is 4.72 Å². The third-order valence-corrected chi connectivity index (χ3v) is 7.66. The molecule has 0 saturated heterocycles. The van der Waals surface area contributed by atoms with Crippen LogP contribution in [0.2, 0.25) is 0 Å². The van der Waals surface area contributed by atoms with Gasteiger partial charge in [-0.1, -0.05) is 19.9 Å². The smallest absolute Gasteiger partial charge is 0.240 e. The molecule has 0 atom stereocenters. The zero-order valence-electron chi connectivity index (χ0n) is 19.0. The van der Waals surface area contributed by atoms with Crippen LogP contribution in [0.4, 0.5) is 5.69 Å². The van der Waals surface area contributed by atoms with E-state index in [1.807, 2.05) is 30.9 Å². The third kappa shape index (κ3) is 4.34. The lowest BCUT2D eigenvalue weighted by Gasteiger charge is -2.20. The molecule has 0 unspecified atom stereocenters. The summed E-state index contributed by atoms with van der Waals surface area (Å²) < 4.78 is 39.1. The van der Waals surface area contributed by atoms with Gasteiger partial charge < -0.3 is 14.4 Å². The van der Waals surface area contributed by atoms with E-state index >= 15 is 0 Å². The van der Waals surface area contributed by atoms with Crippen molar-refractivity contribution in [3.05, 3.63) is 47.5 Å². The van der Waals surface area contributed by atoms with E-state index in [0.29, 0.717) is 24.5 Å². The summed E-state index contributed by atoms with van der Waals surface area (Å²) >= 11 is 0. The maximum Gasteiger partial charge on any atom is 0.240 e. The molecule has 2 aliphatic rings. The van der Waals surface area contributed by atoms with Crippen LogP contribution in [0.1, 0.15) is 37.8 Å². The van der Waals surface area contributed by atoms with Crippen molar-refractivity contribution in [2.75, 3.05) is 32.2 Å². The van der Waals surface area contributed by atoms with Crippen molar-refractivity contribution in [2.45, 2.75) is 43.4 Å². The molecule has 8 heteroatoms. The fourth-order valence-corrected chi connectivity index (χ4v) is 5.28. The maximum absolute atomic E-state index is 13.0. The van der Waals surface area contributed by atoms with Crippen LogP contribution in [0.15, 0.2) is 41.3 Å². The van der Waals surface area contributed by atoms with Gasteiger partial charge in [-0.15, -0.1) is 0 Å². The highest BCUT2D eigenvalue weighted by molar-refractivity contribution is 7.89. The van der Waals surface area contributed by atoms with Crippen molar-refractivity contribution in [3.8, 4) is 11.5 Å². The Morgan fingerprint density at radius 3 is 2.47 bits per heavy atom. The normalized spacial score (nSPS) is 17.2. The zero-order valence-corrected chi connectivity index (χ0v) is 19.8. The van der Waals surface area contributed by atoms with Gasteiger partial charge in [-0.3, -0.25) is 4.79 Å². The summed E-state index contributed by atoms with van der Waals surface area (Å²) in [5.74, 6) is 1.52. The van der Waals surface area contributed by atoms with Crippen molar-refractivity contribution in [2.24, 2.45) is 5.92 Å². The Balaban J connectivity index is 1.48. The number of carbonyl (C=O) groups excluding carboxylic acids is 1. The summed E-state index contributed by atoms with van der Waals surface area (Å²) in [7, 11) is -0.539. The first-order chi connectivity index (χ1) is 15.2. The van der Waals surface area contributed by atoms with Gasteiger partial charge in [0, 0.05) is 30.1 Å². The monoisotopic (exact) mass is 458 g/mol. The molecule has 2 aromatic rings. The molecule has 1 fully saturated rings. The largest absolute Gasteiger partial charge is 0.493 e. The van der Waals surface area contributed by atoms with Crippen LogP contribution in [0, 0.1) is 5.92 Å². The first kappa shape index (κ1) is 22.6. The Morgan fingerprint density at radius 2 is 1.81 bits per heavy atom. The highest BCUT2D eigenvalue weighted by Crippen LogP contribution is 2.44. The van der Waals surface area contributed by atoms with Gasteiger partial charge in [0.25, 0.3) is 0 Å². The molecule has 1 aliphatic carbocycles. The van der Waals surface area contributed by atoms with Gasteiger partial charge in [0.05, 0.1) is 19.1 Å². The van der Waals surface area contributed by atoms with E-state index in [9.17, 15) is 13.2 Å². The molecule has 1 saturated carbocycles. The average Bonchev–Trinajstić information content (AvgIpc) is 3.58. The lowest BCUT2D eigenvalue weighted by molar-refractivity contribution is -0.119. The molecule has 0 spiro atoms. The lowest BCUT2D eigenvalue weighted by Crippen LogP contribution is -2.34. The quantitative estimate of drug-likeness (QED) is 0.656. The fraction of sp³-hybridized carbons (Fsp3) is 0.458. The number of rotatable bonds is 8. The molecule has 32 heavy (non-hydrogen) atoms. The number of benzene rings is 2. The molecule has 172 valence electrons. The van der Waals surface area contributed by atoms with Crippen molar-refractivity contribution in [3.63, 3.8) is 0 Å². The topological polar surface area (TPSA) is 84.9 Å². The minimum absolute atomic E-state index is 0.124. The average molecular weight is 459 g/mol. The van der Waals surface area contributed by atoms with Crippen molar-refractivity contribution in [1.29, 1.82) is 0 Å². The predicted molar refractivity (Wildman–Crippen MR) is 123 cm³/mol. The summed E-state index contributed by atoms with van der Waals surface area (Å²) in [6.07, 6.45) is 2.41. The molecule has 7 nitrogen and oxygen atoms in total. The SMILES string of the molecule is COc1ccc(CCNS(=O)(=O)c2ccc3c(c2)C(C)(C)CN3C(=O)C2CC2)cc1OC. The highest BCUT2D eigenvalue weighted by Gasteiger charge is 2.43. The molecule has 0 aromatic heterocycles. The number of methoxy groups -OCH3 is 2. The Morgan fingerprint density at radius 1 is 1.09 bits per heavy atom. The summed E-state index contributed by atoms with van der Waals surface area (Å²) in [5.41, 5.74) is 2.37. The van der Waals surface area contributed by atoms with Gasteiger partial charge in [0.15, 0.2) is 11.5 Å². The Labute approximate surface area is 189 Å². The number of fused-ring (bicyclic) bond motifs is 1. The molecule has 2 aromatic carbocycles. The number of anilines is 1. The van der Waals surface area contributed by atoms with Crippen LogP contribution in [0.5, 0.6) is 11.5 Å². The van der Waals surface area contributed by atoms with Gasteiger partial charge in [-0.05, 0) is 60.7 Å². The van der Waals surface area contributed by atoms with E-state index in [1.54, 1.807) is 38.5 Å². The van der Waals surface area contributed by atoms with Crippen molar-refractivity contribution >= 4 is 21.6 Å². The Bertz CT molecular complexity index is 1140. The number of ether oxygens (including phenoxy) is 2. The summed E-state index contributed by atoms with van der Waals surface area (Å²) in [6.45, 7) is 4.93. The van der Waals surface area contributed by atoms with Crippen LogP contribution in [-0.2, 0) is 26.7 Å². The summed E-state index contributed by atoms with van der Waals surface area (Å²) in [5, 5.41) is 0. The van der Waals surface area contributed by atoms with Crippen LogP contribution in [0.25, 0.3) is 0 Å². The Kier molecular flexibility index (Phi) is 5.94. The molecule has 1 amide bonds. The van der Waals surface area contributed by atoms with Crippen LogP contribution in [0.3, 0.4) is 0 Å². The number of nitrogens with zero attached hydrogens (tertiary/aromatic N) is 1. The molecule has 0 radical (unpaired) electrons. The number of nitrogens with one attached hydrogen (secondary N) is 1. The predicted octanol–water partition coefficient (Wildman–Crippen LogP) is 3.26. The number of amides is 1. The molecule has 0 bridgehead atoms. The molecule has 4 rings (SSSR count). The van der Waals surface area contributed by atoms with Gasteiger partial charge in [-0.25, -0.2) is 13.1 Å². The molecular formula is C24H30N2O5S. The van der Waals surface area contributed by atoms with E-state index in [4.69, 9.17) is 9.47 Å². The van der Waals surface area contributed by atoms with Crippen LogP contribution in [-0.4, -0.2) is 41.6 Å². The molecular weight excluding hydrogens is 428 g/mol. The number of hydrogen-bond acceptors (Lipinski definition) is 5. The van der Waals surface area contributed by atoms with Crippen molar-refractivity contribution < 1.29 is 22.7 Å². The third-order valence-electron chi connectivity index (χ3n) is 6.20. The first-order valence-electron chi connectivity index (χ1n) is 10.8. The number of sulfonamides is 1. The van der Waals surface area contributed by atoms with Crippen LogP contribution < -0.4 is 19.1 Å². The maximum atomic E-state index is 13.0. The highest BCUT2D eigenvalue weighted by atomic mass is 32.2. The fourth-order valence-electron chi connectivity index (χ4n) is 4.22. The van der Waals surface area contributed by atoms with E-state index in [1.165, 1.54) is 0 Å². The van der Waals surface area contributed by atoms with Crippen molar-refractivity contribution in [1.82, 2.24) is 4.72 Å². The van der Waals surface area contributed by atoms with Gasteiger partial charge >= 0.3 is 0 Å².